The highest BCUT2D eigenvalue weighted by atomic mass is 32.2. The van der Waals surface area contributed by atoms with Gasteiger partial charge in [0.05, 0.1) is 12.7 Å². The summed E-state index contributed by atoms with van der Waals surface area (Å²) < 4.78 is 5.95. The van der Waals surface area contributed by atoms with E-state index in [0.717, 1.165) is 17.1 Å². The van der Waals surface area contributed by atoms with Crippen LogP contribution < -0.4 is 5.32 Å². The van der Waals surface area contributed by atoms with Crippen molar-refractivity contribution >= 4 is 17.7 Å². The van der Waals surface area contributed by atoms with Gasteiger partial charge in [-0.1, -0.05) is 25.8 Å². The van der Waals surface area contributed by atoms with E-state index >= 15 is 0 Å². The van der Waals surface area contributed by atoms with Crippen LogP contribution in [0, 0.1) is 5.92 Å². The highest BCUT2D eigenvalue weighted by Crippen LogP contribution is 2.26. The van der Waals surface area contributed by atoms with Gasteiger partial charge in [-0.25, -0.2) is 0 Å². The van der Waals surface area contributed by atoms with Gasteiger partial charge in [0.2, 0.25) is 0 Å². The maximum atomic E-state index is 12.3. The molecule has 2 aromatic rings. The lowest BCUT2D eigenvalue weighted by Gasteiger charge is -2.28. The lowest BCUT2D eigenvalue weighted by atomic mass is 9.88. The molecule has 1 aromatic heterocycles. The number of thioether (sulfide) groups is 1. The molecule has 4 nitrogen and oxygen atoms in total. The van der Waals surface area contributed by atoms with Crippen LogP contribution in [0.3, 0.4) is 0 Å². The van der Waals surface area contributed by atoms with Gasteiger partial charge < -0.3 is 10.1 Å². The summed E-state index contributed by atoms with van der Waals surface area (Å²) in [7, 11) is 0. The van der Waals surface area contributed by atoms with Crippen LogP contribution in [0.1, 0.15) is 48.5 Å². The third-order valence-electron chi connectivity index (χ3n) is 5.00. The highest BCUT2D eigenvalue weighted by Gasteiger charge is 2.21. The van der Waals surface area contributed by atoms with E-state index in [-0.39, 0.29) is 5.91 Å². The molecular formula is C22H28N2O2S. The maximum Gasteiger partial charge on any atom is 0.251 e. The lowest BCUT2D eigenvalue weighted by Crippen LogP contribution is -2.31. The molecule has 2 atom stereocenters. The second-order valence-corrected chi connectivity index (χ2v) is 8.15. The molecule has 0 bridgehead atoms. The van der Waals surface area contributed by atoms with Crippen molar-refractivity contribution in [2.45, 2.75) is 49.4 Å². The molecule has 0 spiro atoms. The zero-order valence-corrected chi connectivity index (χ0v) is 16.7. The maximum absolute atomic E-state index is 12.3. The zero-order chi connectivity index (χ0) is 18.9. The number of ether oxygens (including phenoxy) is 1. The molecule has 1 saturated carbocycles. The molecule has 1 aliphatic carbocycles. The minimum absolute atomic E-state index is 0.0425. The summed E-state index contributed by atoms with van der Waals surface area (Å²) >= 11 is 1.74. The first-order chi connectivity index (χ1) is 13.2. The van der Waals surface area contributed by atoms with Crippen LogP contribution in [0.4, 0.5) is 0 Å². The van der Waals surface area contributed by atoms with E-state index in [4.69, 9.17) is 4.74 Å². The summed E-state index contributed by atoms with van der Waals surface area (Å²) in [5, 5.41) is 2.95. The Morgan fingerprint density at radius 2 is 2.04 bits per heavy atom. The summed E-state index contributed by atoms with van der Waals surface area (Å²) in [6.07, 6.45) is 8.98. The summed E-state index contributed by atoms with van der Waals surface area (Å²) in [5.41, 5.74) is 1.88. The first-order valence-electron chi connectivity index (χ1n) is 9.74. The molecule has 1 fully saturated rings. The molecule has 144 valence electrons. The number of hydrogen-bond donors (Lipinski definition) is 1. The van der Waals surface area contributed by atoms with Crippen molar-refractivity contribution in [1.82, 2.24) is 10.3 Å². The van der Waals surface area contributed by atoms with Crippen LogP contribution in [-0.4, -0.2) is 30.1 Å². The first-order valence-corrected chi connectivity index (χ1v) is 10.7. The average molecular weight is 385 g/mol. The van der Waals surface area contributed by atoms with Gasteiger partial charge in [-0.3, -0.25) is 9.78 Å². The Morgan fingerprint density at radius 3 is 2.78 bits per heavy atom. The van der Waals surface area contributed by atoms with Gasteiger partial charge in [0.15, 0.2) is 0 Å². The minimum atomic E-state index is -0.0425. The molecule has 5 heteroatoms. The fourth-order valence-corrected chi connectivity index (χ4v) is 4.19. The van der Waals surface area contributed by atoms with Crippen LogP contribution in [0.2, 0.25) is 0 Å². The second-order valence-electron chi connectivity index (χ2n) is 7.10. The van der Waals surface area contributed by atoms with E-state index in [2.05, 4.69) is 23.3 Å². The van der Waals surface area contributed by atoms with E-state index in [1.807, 2.05) is 36.5 Å². The van der Waals surface area contributed by atoms with Crippen molar-refractivity contribution in [3.8, 4) is 0 Å². The largest absolute Gasteiger partial charge is 0.376 e. The van der Waals surface area contributed by atoms with Gasteiger partial charge in [-0.05, 0) is 54.7 Å². The third kappa shape index (κ3) is 6.36. The molecule has 1 aliphatic rings. The van der Waals surface area contributed by atoms with Crippen LogP contribution in [0.5, 0.6) is 0 Å². The standard InChI is InChI=1S/C22H28N2O2S/c1-17-5-2-3-7-21(17)26-14-13-24-22(25)19-8-10-20(11-9-19)27-16-18-6-4-12-23-15-18/h4,6,8-12,15,17,21H,2-3,5,7,13-14,16H2,1H3,(H,24,25)/t17-,21-/m0/s1. The van der Waals surface area contributed by atoms with Crippen molar-refractivity contribution in [2.24, 2.45) is 5.92 Å². The van der Waals surface area contributed by atoms with Crippen LogP contribution in [0.25, 0.3) is 0 Å². The van der Waals surface area contributed by atoms with Gasteiger partial charge in [-0.15, -0.1) is 11.8 Å². The number of hydrogen-bond acceptors (Lipinski definition) is 4. The average Bonchev–Trinajstić information content (AvgIpc) is 2.72. The van der Waals surface area contributed by atoms with Gasteiger partial charge in [-0.2, -0.15) is 0 Å². The Morgan fingerprint density at radius 1 is 1.22 bits per heavy atom. The van der Waals surface area contributed by atoms with E-state index in [0.29, 0.717) is 30.7 Å². The topological polar surface area (TPSA) is 51.2 Å². The highest BCUT2D eigenvalue weighted by molar-refractivity contribution is 7.98. The molecule has 0 aliphatic heterocycles. The Kier molecular flexibility index (Phi) is 7.72. The molecular weight excluding hydrogens is 356 g/mol. The fourth-order valence-electron chi connectivity index (χ4n) is 3.36. The monoisotopic (exact) mass is 384 g/mol. The van der Waals surface area contributed by atoms with Crippen molar-refractivity contribution in [2.75, 3.05) is 13.2 Å². The quantitative estimate of drug-likeness (QED) is 0.529. The summed E-state index contributed by atoms with van der Waals surface area (Å²) in [5.74, 6) is 1.46. The first kappa shape index (κ1) is 19.9. The Hall–Kier alpha value is -1.85. The number of benzene rings is 1. The number of pyridine rings is 1. The van der Waals surface area contributed by atoms with Gasteiger partial charge in [0, 0.05) is 35.2 Å². The molecule has 27 heavy (non-hydrogen) atoms. The summed E-state index contributed by atoms with van der Waals surface area (Å²) in [4.78, 5) is 17.5. The number of amides is 1. The molecule has 1 heterocycles. The number of carbonyl (C=O) groups is 1. The second kappa shape index (κ2) is 10.5. The number of nitrogens with one attached hydrogen (secondary N) is 1. The van der Waals surface area contributed by atoms with Crippen LogP contribution in [0.15, 0.2) is 53.7 Å². The third-order valence-corrected chi connectivity index (χ3v) is 6.08. The zero-order valence-electron chi connectivity index (χ0n) is 15.9. The number of aromatic nitrogens is 1. The fraction of sp³-hybridized carbons (Fsp3) is 0.455. The van der Waals surface area contributed by atoms with E-state index in [1.54, 1.807) is 18.0 Å². The van der Waals surface area contributed by atoms with Gasteiger partial charge >= 0.3 is 0 Å². The lowest BCUT2D eigenvalue weighted by molar-refractivity contribution is -0.00293. The molecule has 1 N–H and O–H groups in total. The van der Waals surface area contributed by atoms with Crippen molar-refractivity contribution in [1.29, 1.82) is 0 Å². The SMILES string of the molecule is C[C@H]1CCCC[C@@H]1OCCNC(=O)c1ccc(SCc2cccnc2)cc1. The van der Waals surface area contributed by atoms with Crippen LogP contribution >= 0.6 is 11.8 Å². The van der Waals surface area contributed by atoms with Crippen molar-refractivity contribution < 1.29 is 9.53 Å². The van der Waals surface area contributed by atoms with Crippen LogP contribution in [-0.2, 0) is 10.5 Å². The predicted molar refractivity (Wildman–Crippen MR) is 110 cm³/mol. The van der Waals surface area contributed by atoms with E-state index in [1.165, 1.54) is 24.8 Å². The molecule has 1 aromatic carbocycles. The van der Waals surface area contributed by atoms with Crippen molar-refractivity contribution in [3.63, 3.8) is 0 Å². The Balaban J connectivity index is 1.38. The predicted octanol–water partition coefficient (Wildman–Crippen LogP) is 4.70. The molecule has 0 unspecified atom stereocenters. The molecule has 3 rings (SSSR count). The minimum Gasteiger partial charge on any atom is -0.376 e. The molecule has 0 radical (unpaired) electrons. The summed E-state index contributed by atoms with van der Waals surface area (Å²) in [6.45, 7) is 3.40. The van der Waals surface area contributed by atoms with Crippen molar-refractivity contribution in [3.05, 3.63) is 59.9 Å². The smallest absolute Gasteiger partial charge is 0.251 e. The molecule has 0 saturated heterocycles. The Bertz CT molecular complexity index is 706. The normalized spacial score (nSPS) is 19.6. The van der Waals surface area contributed by atoms with Gasteiger partial charge in [0.1, 0.15) is 0 Å². The number of rotatable bonds is 8. The number of nitrogens with zero attached hydrogens (tertiary/aromatic N) is 1. The van der Waals surface area contributed by atoms with E-state index < -0.39 is 0 Å². The van der Waals surface area contributed by atoms with E-state index in [9.17, 15) is 4.79 Å². The number of carbonyl (C=O) groups excluding carboxylic acids is 1. The molecule has 1 amide bonds. The Labute approximate surface area is 166 Å². The van der Waals surface area contributed by atoms with Gasteiger partial charge in [0.25, 0.3) is 5.91 Å². The summed E-state index contributed by atoms with van der Waals surface area (Å²) in [6, 6.07) is 11.8.